The topological polar surface area (TPSA) is 24.9 Å². The summed E-state index contributed by atoms with van der Waals surface area (Å²) in [4.78, 5) is 4.04. The molecule has 0 fully saturated rings. The summed E-state index contributed by atoms with van der Waals surface area (Å²) < 4.78 is 0. The van der Waals surface area contributed by atoms with Crippen LogP contribution >= 0.6 is 0 Å². The standard InChI is InChI=1S/C16H20N2/c1-3-14-4-6-15(7-5-14)12-18-13(2)16-8-10-17-11-9-16/h4-11,13,18H,3,12H2,1-2H3/t13-/m0/s1. The smallest absolute Gasteiger partial charge is 0.0296 e. The number of aryl methyl sites for hydroxylation is 1. The molecule has 0 amide bonds. The number of hydrogen-bond donors (Lipinski definition) is 1. The fourth-order valence-electron chi connectivity index (χ4n) is 1.93. The van der Waals surface area contributed by atoms with Crippen LogP contribution in [0.1, 0.15) is 36.6 Å². The summed E-state index contributed by atoms with van der Waals surface area (Å²) in [5.41, 5.74) is 3.99. The summed E-state index contributed by atoms with van der Waals surface area (Å²) in [7, 11) is 0. The molecule has 2 nitrogen and oxygen atoms in total. The zero-order valence-electron chi connectivity index (χ0n) is 11.1. The highest BCUT2D eigenvalue weighted by Gasteiger charge is 2.03. The molecule has 0 bridgehead atoms. The predicted molar refractivity (Wildman–Crippen MR) is 75.3 cm³/mol. The molecule has 0 spiro atoms. The SMILES string of the molecule is CCc1ccc(CN[C@@H](C)c2ccncc2)cc1. The van der Waals surface area contributed by atoms with E-state index in [0.717, 1.165) is 13.0 Å². The molecule has 1 atom stereocenters. The number of benzene rings is 1. The lowest BCUT2D eigenvalue weighted by Crippen LogP contribution is -2.18. The van der Waals surface area contributed by atoms with Crippen LogP contribution < -0.4 is 5.32 Å². The molecule has 2 rings (SSSR count). The molecule has 0 unspecified atom stereocenters. The van der Waals surface area contributed by atoms with E-state index in [2.05, 4.69) is 60.5 Å². The number of rotatable bonds is 5. The van der Waals surface area contributed by atoms with Gasteiger partial charge >= 0.3 is 0 Å². The van der Waals surface area contributed by atoms with Crippen LogP contribution in [0.2, 0.25) is 0 Å². The Labute approximate surface area is 109 Å². The number of aromatic nitrogens is 1. The van der Waals surface area contributed by atoms with E-state index < -0.39 is 0 Å². The molecule has 1 N–H and O–H groups in total. The van der Waals surface area contributed by atoms with Crippen molar-refractivity contribution in [2.24, 2.45) is 0 Å². The van der Waals surface area contributed by atoms with Crippen LogP contribution in [0.3, 0.4) is 0 Å². The Morgan fingerprint density at radius 3 is 2.22 bits per heavy atom. The third kappa shape index (κ3) is 3.41. The van der Waals surface area contributed by atoms with Gasteiger partial charge in [-0.3, -0.25) is 4.98 Å². The van der Waals surface area contributed by atoms with Gasteiger partial charge in [0.25, 0.3) is 0 Å². The molecular weight excluding hydrogens is 220 g/mol. The minimum absolute atomic E-state index is 0.346. The van der Waals surface area contributed by atoms with Crippen molar-refractivity contribution < 1.29 is 0 Å². The molecule has 1 aromatic heterocycles. The fraction of sp³-hybridized carbons (Fsp3) is 0.312. The molecule has 0 aliphatic heterocycles. The van der Waals surface area contributed by atoms with E-state index in [9.17, 15) is 0 Å². The summed E-state index contributed by atoms with van der Waals surface area (Å²) in [6, 6.07) is 13.3. The van der Waals surface area contributed by atoms with Crippen molar-refractivity contribution in [3.63, 3.8) is 0 Å². The molecule has 94 valence electrons. The molecule has 1 heterocycles. The molecule has 1 aromatic carbocycles. The number of nitrogens with zero attached hydrogens (tertiary/aromatic N) is 1. The average Bonchev–Trinajstić information content (AvgIpc) is 2.46. The van der Waals surface area contributed by atoms with Crippen LogP contribution in [0.25, 0.3) is 0 Å². The van der Waals surface area contributed by atoms with Gasteiger partial charge in [-0.2, -0.15) is 0 Å². The van der Waals surface area contributed by atoms with Crippen molar-refractivity contribution in [1.82, 2.24) is 10.3 Å². The molecule has 0 saturated heterocycles. The van der Waals surface area contributed by atoms with Gasteiger partial charge in [0.05, 0.1) is 0 Å². The highest BCUT2D eigenvalue weighted by Crippen LogP contribution is 2.12. The van der Waals surface area contributed by atoms with E-state index in [1.54, 1.807) is 0 Å². The molecule has 0 aliphatic rings. The summed E-state index contributed by atoms with van der Waals surface area (Å²) >= 11 is 0. The van der Waals surface area contributed by atoms with Gasteiger partial charge in [0.2, 0.25) is 0 Å². The molecule has 0 radical (unpaired) electrons. The Morgan fingerprint density at radius 1 is 1.00 bits per heavy atom. The first-order chi connectivity index (χ1) is 8.79. The lowest BCUT2D eigenvalue weighted by molar-refractivity contribution is 0.574. The van der Waals surface area contributed by atoms with Crippen LogP contribution in [0, 0.1) is 0 Å². The molecule has 0 aliphatic carbocycles. The van der Waals surface area contributed by atoms with Crippen LogP contribution in [0.15, 0.2) is 48.8 Å². The van der Waals surface area contributed by atoms with Gasteiger partial charge in [-0.1, -0.05) is 31.2 Å². The normalized spacial score (nSPS) is 12.3. The zero-order chi connectivity index (χ0) is 12.8. The minimum Gasteiger partial charge on any atom is -0.306 e. The summed E-state index contributed by atoms with van der Waals surface area (Å²) in [5, 5.41) is 3.52. The van der Waals surface area contributed by atoms with E-state index >= 15 is 0 Å². The van der Waals surface area contributed by atoms with Crippen LogP contribution in [-0.4, -0.2) is 4.98 Å². The lowest BCUT2D eigenvalue weighted by atomic mass is 10.1. The van der Waals surface area contributed by atoms with Crippen molar-refractivity contribution in [1.29, 1.82) is 0 Å². The third-order valence-corrected chi connectivity index (χ3v) is 3.25. The molecule has 0 saturated carbocycles. The lowest BCUT2D eigenvalue weighted by Gasteiger charge is -2.14. The highest BCUT2D eigenvalue weighted by atomic mass is 14.9. The Kier molecular flexibility index (Phi) is 4.48. The first-order valence-electron chi connectivity index (χ1n) is 6.50. The van der Waals surface area contributed by atoms with E-state index in [1.165, 1.54) is 16.7 Å². The first kappa shape index (κ1) is 12.8. The van der Waals surface area contributed by atoms with Crippen LogP contribution in [0.4, 0.5) is 0 Å². The van der Waals surface area contributed by atoms with E-state index in [0.29, 0.717) is 6.04 Å². The van der Waals surface area contributed by atoms with Gasteiger partial charge in [0.1, 0.15) is 0 Å². The molecule has 18 heavy (non-hydrogen) atoms. The Morgan fingerprint density at radius 2 is 1.61 bits per heavy atom. The van der Waals surface area contributed by atoms with Gasteiger partial charge in [0.15, 0.2) is 0 Å². The van der Waals surface area contributed by atoms with Crippen molar-refractivity contribution >= 4 is 0 Å². The van der Waals surface area contributed by atoms with Crippen molar-refractivity contribution in [3.05, 3.63) is 65.5 Å². The maximum atomic E-state index is 4.04. The number of nitrogens with one attached hydrogen (secondary N) is 1. The van der Waals surface area contributed by atoms with Gasteiger partial charge in [-0.15, -0.1) is 0 Å². The molecular formula is C16H20N2. The van der Waals surface area contributed by atoms with Gasteiger partial charge < -0.3 is 5.32 Å². The Bertz CT molecular complexity index is 462. The maximum Gasteiger partial charge on any atom is 0.0296 e. The average molecular weight is 240 g/mol. The fourth-order valence-corrected chi connectivity index (χ4v) is 1.93. The second-order valence-electron chi connectivity index (χ2n) is 4.55. The summed E-state index contributed by atoms with van der Waals surface area (Å²) in [6.45, 7) is 5.25. The van der Waals surface area contributed by atoms with Gasteiger partial charge in [0, 0.05) is 25.0 Å². The second-order valence-corrected chi connectivity index (χ2v) is 4.55. The quantitative estimate of drug-likeness (QED) is 0.865. The predicted octanol–water partition coefficient (Wildman–Crippen LogP) is 3.49. The first-order valence-corrected chi connectivity index (χ1v) is 6.50. The third-order valence-electron chi connectivity index (χ3n) is 3.25. The van der Waals surface area contributed by atoms with E-state index in [-0.39, 0.29) is 0 Å². The second kappa shape index (κ2) is 6.31. The minimum atomic E-state index is 0.346. The monoisotopic (exact) mass is 240 g/mol. The summed E-state index contributed by atoms with van der Waals surface area (Å²) in [6.07, 6.45) is 4.77. The Balaban J connectivity index is 1.91. The van der Waals surface area contributed by atoms with Gasteiger partial charge in [-0.05, 0) is 42.2 Å². The van der Waals surface area contributed by atoms with Crippen molar-refractivity contribution in [3.8, 4) is 0 Å². The molecule has 2 aromatic rings. The van der Waals surface area contributed by atoms with Crippen molar-refractivity contribution in [2.75, 3.05) is 0 Å². The van der Waals surface area contributed by atoms with E-state index in [1.807, 2.05) is 12.4 Å². The van der Waals surface area contributed by atoms with Crippen LogP contribution in [-0.2, 0) is 13.0 Å². The van der Waals surface area contributed by atoms with Crippen molar-refractivity contribution in [2.45, 2.75) is 32.9 Å². The summed E-state index contributed by atoms with van der Waals surface area (Å²) in [5.74, 6) is 0. The van der Waals surface area contributed by atoms with Gasteiger partial charge in [-0.25, -0.2) is 0 Å². The zero-order valence-corrected chi connectivity index (χ0v) is 11.1. The van der Waals surface area contributed by atoms with Crippen LogP contribution in [0.5, 0.6) is 0 Å². The number of hydrogen-bond acceptors (Lipinski definition) is 2. The largest absolute Gasteiger partial charge is 0.306 e. The highest BCUT2D eigenvalue weighted by molar-refractivity contribution is 5.22. The Hall–Kier alpha value is -1.67. The molecule has 2 heteroatoms. The van der Waals surface area contributed by atoms with E-state index in [4.69, 9.17) is 0 Å². The maximum absolute atomic E-state index is 4.04. The number of pyridine rings is 1.